The van der Waals surface area contributed by atoms with Crippen LogP contribution in [-0.4, -0.2) is 83.6 Å². The average molecular weight is 496 g/mol. The van der Waals surface area contributed by atoms with Crippen molar-refractivity contribution in [3.63, 3.8) is 0 Å². The Hall–Kier alpha value is -3.48. The fraction of sp³-hybridized carbons (Fsp3) is 0.409. The van der Waals surface area contributed by atoms with Crippen LogP contribution in [0.1, 0.15) is 12.0 Å². The molecule has 1 saturated heterocycles. The van der Waals surface area contributed by atoms with E-state index in [9.17, 15) is 0 Å². The van der Waals surface area contributed by atoms with Crippen LogP contribution in [0.5, 0.6) is 0 Å². The van der Waals surface area contributed by atoms with E-state index in [0.717, 1.165) is 42.9 Å². The molecule has 0 spiro atoms. The van der Waals surface area contributed by atoms with E-state index < -0.39 is 0 Å². The third-order valence-electron chi connectivity index (χ3n) is 6.10. The average Bonchev–Trinajstić information content (AvgIpc) is 3.51. The maximum absolute atomic E-state index is 6.03. The monoisotopic (exact) mass is 495 g/mol. The highest BCUT2D eigenvalue weighted by Gasteiger charge is 2.24. The van der Waals surface area contributed by atoms with Crippen molar-refractivity contribution >= 4 is 35.2 Å². The van der Waals surface area contributed by atoms with Crippen molar-refractivity contribution in [3.8, 4) is 11.3 Å². The number of halogens is 1. The van der Waals surface area contributed by atoms with E-state index in [4.69, 9.17) is 9.72 Å². The first kappa shape index (κ1) is 23.3. The Kier molecular flexibility index (Phi) is 6.66. The molecule has 1 N–H and O–H groups in total. The molecule has 182 valence electrons. The molecule has 1 fully saturated rings. The van der Waals surface area contributed by atoms with E-state index in [1.165, 1.54) is 5.57 Å². The number of hydrogen-bond donors (Lipinski definition) is 1. The SMILES string of the molecule is Cl.Cn1cc(-c2cnc3nnn(C[C@@H]4CN(c5ncc(C6=CCNCC6)cn5)CCO4)c3n2)cn1. The van der Waals surface area contributed by atoms with Gasteiger partial charge in [-0.15, -0.1) is 17.5 Å². The number of rotatable bonds is 5. The van der Waals surface area contributed by atoms with Gasteiger partial charge in [-0.05, 0) is 18.5 Å². The first-order valence-corrected chi connectivity index (χ1v) is 11.4. The number of nitrogens with zero attached hydrogens (tertiary/aromatic N) is 10. The van der Waals surface area contributed by atoms with Crippen molar-refractivity contribution in [2.45, 2.75) is 19.1 Å². The summed E-state index contributed by atoms with van der Waals surface area (Å²) in [6.07, 6.45) is 12.3. The number of hydrogen-bond acceptors (Lipinski definition) is 10. The molecule has 0 unspecified atom stereocenters. The summed E-state index contributed by atoms with van der Waals surface area (Å²) < 4.78 is 9.51. The van der Waals surface area contributed by atoms with Crippen LogP contribution in [0.15, 0.2) is 37.1 Å². The number of morpholine rings is 1. The van der Waals surface area contributed by atoms with Gasteiger partial charge >= 0.3 is 0 Å². The molecular formula is C22H26ClN11O. The lowest BCUT2D eigenvalue weighted by Crippen LogP contribution is -2.45. The van der Waals surface area contributed by atoms with E-state index in [1.54, 1.807) is 21.8 Å². The largest absolute Gasteiger partial charge is 0.373 e. The second-order valence-electron chi connectivity index (χ2n) is 8.47. The van der Waals surface area contributed by atoms with E-state index >= 15 is 0 Å². The van der Waals surface area contributed by atoms with Gasteiger partial charge in [-0.2, -0.15) is 5.10 Å². The van der Waals surface area contributed by atoms with Gasteiger partial charge in [0.1, 0.15) is 0 Å². The molecule has 0 aromatic carbocycles. The van der Waals surface area contributed by atoms with Crippen LogP contribution in [0.4, 0.5) is 5.95 Å². The number of ether oxygens (including phenoxy) is 1. The van der Waals surface area contributed by atoms with Gasteiger partial charge in [0.05, 0.1) is 37.3 Å². The third kappa shape index (κ3) is 4.85. The van der Waals surface area contributed by atoms with Gasteiger partial charge in [-0.25, -0.2) is 24.6 Å². The van der Waals surface area contributed by atoms with Crippen molar-refractivity contribution in [2.24, 2.45) is 7.05 Å². The Morgan fingerprint density at radius 3 is 2.77 bits per heavy atom. The maximum Gasteiger partial charge on any atom is 0.225 e. The first-order valence-electron chi connectivity index (χ1n) is 11.4. The van der Waals surface area contributed by atoms with Gasteiger partial charge in [0.15, 0.2) is 5.65 Å². The molecule has 2 aliphatic rings. The van der Waals surface area contributed by atoms with Gasteiger partial charge in [0.2, 0.25) is 11.6 Å². The summed E-state index contributed by atoms with van der Waals surface area (Å²) >= 11 is 0. The van der Waals surface area contributed by atoms with E-state index in [1.807, 2.05) is 25.6 Å². The zero-order valence-electron chi connectivity index (χ0n) is 19.3. The first-order chi connectivity index (χ1) is 16.7. The second-order valence-corrected chi connectivity index (χ2v) is 8.47. The molecule has 12 nitrogen and oxygen atoms in total. The molecule has 4 aromatic heterocycles. The highest BCUT2D eigenvalue weighted by Crippen LogP contribution is 2.21. The highest BCUT2D eigenvalue weighted by molar-refractivity contribution is 5.85. The molecule has 0 aliphatic carbocycles. The summed E-state index contributed by atoms with van der Waals surface area (Å²) in [6, 6.07) is 0. The van der Waals surface area contributed by atoms with Crippen LogP contribution in [0.2, 0.25) is 0 Å². The van der Waals surface area contributed by atoms with Crippen molar-refractivity contribution < 1.29 is 4.74 Å². The zero-order chi connectivity index (χ0) is 22.9. The number of anilines is 1. The van der Waals surface area contributed by atoms with E-state index in [0.29, 0.717) is 36.9 Å². The molecule has 4 aromatic rings. The van der Waals surface area contributed by atoms with Gasteiger partial charge in [0.25, 0.3) is 0 Å². The van der Waals surface area contributed by atoms with Gasteiger partial charge in [-0.1, -0.05) is 11.3 Å². The normalized spacial score (nSPS) is 18.4. The number of fused-ring (bicyclic) bond motifs is 1. The lowest BCUT2D eigenvalue weighted by Gasteiger charge is -2.32. The van der Waals surface area contributed by atoms with Crippen LogP contribution in [0.3, 0.4) is 0 Å². The molecule has 0 saturated carbocycles. The van der Waals surface area contributed by atoms with Gasteiger partial charge in [-0.3, -0.25) is 4.68 Å². The molecule has 6 heterocycles. The Balaban J connectivity index is 0.00000253. The fourth-order valence-electron chi connectivity index (χ4n) is 4.31. The third-order valence-corrected chi connectivity index (χ3v) is 6.10. The Morgan fingerprint density at radius 2 is 2.00 bits per heavy atom. The minimum absolute atomic E-state index is 0. The Labute approximate surface area is 207 Å². The number of aromatic nitrogens is 9. The lowest BCUT2D eigenvalue weighted by atomic mass is 10.0. The number of nitrogens with one attached hydrogen (secondary N) is 1. The molecule has 35 heavy (non-hydrogen) atoms. The van der Waals surface area contributed by atoms with E-state index in [2.05, 4.69) is 46.7 Å². The van der Waals surface area contributed by atoms with Gasteiger partial charge < -0.3 is 15.0 Å². The van der Waals surface area contributed by atoms with Crippen molar-refractivity contribution in [1.29, 1.82) is 0 Å². The summed E-state index contributed by atoms with van der Waals surface area (Å²) in [4.78, 5) is 20.6. The minimum Gasteiger partial charge on any atom is -0.373 e. The van der Waals surface area contributed by atoms with Crippen molar-refractivity contribution in [1.82, 2.24) is 50.0 Å². The predicted octanol–water partition coefficient (Wildman–Crippen LogP) is 1.12. The van der Waals surface area contributed by atoms with Gasteiger partial charge in [0, 0.05) is 56.4 Å². The van der Waals surface area contributed by atoms with E-state index in [-0.39, 0.29) is 18.5 Å². The topological polar surface area (TPSA) is 125 Å². The predicted molar refractivity (Wildman–Crippen MR) is 132 cm³/mol. The minimum atomic E-state index is -0.0992. The summed E-state index contributed by atoms with van der Waals surface area (Å²) in [6.45, 7) is 4.38. The Bertz CT molecular complexity index is 1330. The van der Waals surface area contributed by atoms with Crippen molar-refractivity contribution in [3.05, 3.63) is 42.6 Å². The van der Waals surface area contributed by atoms with Crippen LogP contribution in [0, 0.1) is 0 Å². The van der Waals surface area contributed by atoms with Crippen LogP contribution in [-0.2, 0) is 18.3 Å². The van der Waals surface area contributed by atoms with Crippen LogP contribution in [0.25, 0.3) is 28.1 Å². The number of aryl methyl sites for hydroxylation is 1. The molecule has 0 radical (unpaired) electrons. The zero-order valence-corrected chi connectivity index (χ0v) is 20.1. The summed E-state index contributed by atoms with van der Waals surface area (Å²) in [5, 5.41) is 16.0. The summed E-state index contributed by atoms with van der Waals surface area (Å²) in [5.41, 5.74) is 5.14. The van der Waals surface area contributed by atoms with Crippen LogP contribution < -0.4 is 10.2 Å². The molecule has 13 heteroatoms. The Morgan fingerprint density at radius 1 is 1.11 bits per heavy atom. The quantitative estimate of drug-likeness (QED) is 0.430. The maximum atomic E-state index is 6.03. The highest BCUT2D eigenvalue weighted by atomic mass is 35.5. The smallest absolute Gasteiger partial charge is 0.225 e. The summed E-state index contributed by atoms with van der Waals surface area (Å²) in [7, 11) is 1.87. The molecule has 6 rings (SSSR count). The molecular weight excluding hydrogens is 470 g/mol. The second kappa shape index (κ2) is 10.0. The summed E-state index contributed by atoms with van der Waals surface area (Å²) in [5.74, 6) is 0.716. The molecule has 2 aliphatic heterocycles. The standard InChI is InChI=1S/C22H25N11O.ClH/c1-31-12-17(10-27-31)19-11-24-20-21(28-19)33(30-29-20)14-18-13-32(6-7-34-18)22-25-8-16(9-26-22)15-2-4-23-5-3-15;/h2,8-12,18,23H,3-7,13-14H2,1H3;1H/t18-;/m0./s1. The molecule has 0 amide bonds. The molecule has 0 bridgehead atoms. The molecule has 1 atom stereocenters. The lowest BCUT2D eigenvalue weighted by molar-refractivity contribution is 0.0273. The fourth-order valence-corrected chi connectivity index (χ4v) is 4.31. The van der Waals surface area contributed by atoms with Crippen molar-refractivity contribution in [2.75, 3.05) is 37.7 Å². The van der Waals surface area contributed by atoms with Crippen LogP contribution >= 0.6 is 12.4 Å².